The minimum atomic E-state index is -0.613. The van der Waals surface area contributed by atoms with Gasteiger partial charge in [-0.3, -0.25) is 0 Å². The molecule has 0 amide bonds. The molecule has 0 bridgehead atoms. The molecule has 0 saturated heterocycles. The van der Waals surface area contributed by atoms with Crippen LogP contribution in [0.2, 0.25) is 0 Å². The van der Waals surface area contributed by atoms with Crippen LogP contribution in [0.25, 0.3) is 0 Å². The predicted molar refractivity (Wildman–Crippen MR) is 100 cm³/mol. The minimum absolute atomic E-state index is 0.208. The summed E-state index contributed by atoms with van der Waals surface area (Å²) in [5, 5.41) is 23.2. The van der Waals surface area contributed by atoms with E-state index >= 15 is 0 Å². The van der Waals surface area contributed by atoms with Gasteiger partial charge in [0, 0.05) is 32.0 Å². The van der Waals surface area contributed by atoms with Crippen molar-refractivity contribution in [2.75, 3.05) is 6.54 Å². The average molecular weight is 357 g/mol. The normalized spacial score (nSPS) is 17.8. The molecule has 0 aliphatic carbocycles. The van der Waals surface area contributed by atoms with Crippen molar-refractivity contribution in [2.45, 2.75) is 51.7 Å². The van der Waals surface area contributed by atoms with Crippen molar-refractivity contribution in [3.05, 3.63) is 59.2 Å². The van der Waals surface area contributed by atoms with Crippen LogP contribution in [0, 0.1) is 0 Å². The molecule has 0 saturated carbocycles. The van der Waals surface area contributed by atoms with E-state index in [4.69, 9.17) is 9.47 Å². The smallest absolute Gasteiger partial charge is 0.205 e. The molecule has 1 heterocycles. The number of nitrogens with one attached hydrogen (secondary N) is 1. The third kappa shape index (κ3) is 4.75. The number of hydrogen-bond donors (Lipinski definition) is 3. The van der Waals surface area contributed by atoms with E-state index in [9.17, 15) is 10.2 Å². The lowest BCUT2D eigenvalue weighted by molar-refractivity contribution is -0.180. The highest BCUT2D eigenvalue weighted by molar-refractivity contribution is 5.39. The van der Waals surface area contributed by atoms with Gasteiger partial charge in [-0.1, -0.05) is 18.2 Å². The summed E-state index contributed by atoms with van der Waals surface area (Å²) < 4.78 is 11.5. The van der Waals surface area contributed by atoms with Crippen molar-refractivity contribution < 1.29 is 19.7 Å². The van der Waals surface area contributed by atoms with Crippen LogP contribution < -0.4 is 10.1 Å². The van der Waals surface area contributed by atoms with Crippen LogP contribution in [0.4, 0.5) is 0 Å². The highest BCUT2D eigenvalue weighted by Gasteiger charge is 2.27. The monoisotopic (exact) mass is 357 g/mol. The first kappa shape index (κ1) is 18.7. The first-order chi connectivity index (χ1) is 12.3. The van der Waals surface area contributed by atoms with Gasteiger partial charge in [0.15, 0.2) is 0 Å². The van der Waals surface area contributed by atoms with E-state index in [1.807, 2.05) is 44.2 Å². The van der Waals surface area contributed by atoms with Crippen LogP contribution in [0.5, 0.6) is 11.5 Å². The van der Waals surface area contributed by atoms with Crippen molar-refractivity contribution >= 4 is 0 Å². The zero-order chi connectivity index (χ0) is 18.7. The highest BCUT2D eigenvalue weighted by atomic mass is 16.7. The third-order valence-corrected chi connectivity index (χ3v) is 4.54. The maximum Gasteiger partial charge on any atom is 0.205 e. The lowest BCUT2D eigenvalue weighted by atomic mass is 10.0. The van der Waals surface area contributed by atoms with Gasteiger partial charge in [-0.2, -0.15) is 0 Å². The standard InChI is InChI=1S/C21H27NO4/c1-14(10-15-4-7-18(23)8-5-15)22-12-19(24)16-6-9-20-17(11-16)13-25-21(2,3)26-20/h4-9,11,14,19,22-24H,10,12-13H2,1-3H3/t14-,19-/m0/s1. The Morgan fingerprint density at radius 1 is 1.15 bits per heavy atom. The number of phenolic OH excluding ortho intramolecular Hbond substituents is 1. The van der Waals surface area contributed by atoms with E-state index < -0.39 is 11.9 Å². The van der Waals surface area contributed by atoms with Gasteiger partial charge in [0.1, 0.15) is 11.5 Å². The van der Waals surface area contributed by atoms with Crippen molar-refractivity contribution in [2.24, 2.45) is 0 Å². The molecule has 2 aromatic carbocycles. The lowest BCUT2D eigenvalue weighted by Gasteiger charge is -2.33. The van der Waals surface area contributed by atoms with Gasteiger partial charge < -0.3 is 25.0 Å². The Labute approximate surface area is 154 Å². The molecule has 140 valence electrons. The fourth-order valence-corrected chi connectivity index (χ4v) is 3.05. The van der Waals surface area contributed by atoms with Crippen LogP contribution in [-0.4, -0.2) is 28.6 Å². The zero-order valence-corrected chi connectivity index (χ0v) is 15.5. The molecule has 0 radical (unpaired) electrons. The molecule has 0 spiro atoms. The highest BCUT2D eigenvalue weighted by Crippen LogP contribution is 2.32. The molecule has 0 fully saturated rings. The van der Waals surface area contributed by atoms with Crippen LogP contribution in [0.3, 0.4) is 0 Å². The molecule has 5 nitrogen and oxygen atoms in total. The van der Waals surface area contributed by atoms with E-state index in [1.54, 1.807) is 12.1 Å². The van der Waals surface area contributed by atoms with Gasteiger partial charge in [0.2, 0.25) is 5.79 Å². The third-order valence-electron chi connectivity index (χ3n) is 4.54. The number of benzene rings is 2. The van der Waals surface area contributed by atoms with Crippen LogP contribution in [-0.2, 0) is 17.8 Å². The van der Waals surface area contributed by atoms with Crippen molar-refractivity contribution in [1.29, 1.82) is 0 Å². The number of aliphatic hydroxyl groups excluding tert-OH is 1. The molecule has 0 aromatic heterocycles. The number of ether oxygens (including phenoxy) is 2. The largest absolute Gasteiger partial charge is 0.508 e. The fourth-order valence-electron chi connectivity index (χ4n) is 3.05. The zero-order valence-electron chi connectivity index (χ0n) is 15.5. The average Bonchev–Trinajstić information content (AvgIpc) is 2.60. The Morgan fingerprint density at radius 2 is 1.88 bits per heavy atom. The summed E-state index contributed by atoms with van der Waals surface area (Å²) in [5.41, 5.74) is 2.95. The maximum atomic E-state index is 10.5. The number of aromatic hydroxyl groups is 1. The van der Waals surface area contributed by atoms with Crippen LogP contribution >= 0.6 is 0 Å². The Bertz CT molecular complexity index is 742. The Morgan fingerprint density at radius 3 is 2.62 bits per heavy atom. The number of hydrogen-bond acceptors (Lipinski definition) is 5. The second-order valence-corrected chi connectivity index (χ2v) is 7.35. The topological polar surface area (TPSA) is 71.0 Å². The summed E-state index contributed by atoms with van der Waals surface area (Å²) in [6, 6.07) is 13.2. The maximum absolute atomic E-state index is 10.5. The van der Waals surface area contributed by atoms with Gasteiger partial charge >= 0.3 is 0 Å². The van der Waals surface area contributed by atoms with E-state index in [0.29, 0.717) is 13.2 Å². The van der Waals surface area contributed by atoms with Crippen LogP contribution in [0.1, 0.15) is 43.6 Å². The Balaban J connectivity index is 1.55. The SMILES string of the molecule is C[C@@H](Cc1ccc(O)cc1)NC[C@H](O)c1ccc2c(c1)COC(C)(C)O2. The summed E-state index contributed by atoms with van der Waals surface area (Å²) in [4.78, 5) is 0. The van der Waals surface area contributed by atoms with Crippen molar-refractivity contribution in [3.8, 4) is 11.5 Å². The molecule has 1 aliphatic heterocycles. The molecule has 3 N–H and O–H groups in total. The molecule has 1 aliphatic rings. The van der Waals surface area contributed by atoms with Crippen LogP contribution in [0.15, 0.2) is 42.5 Å². The van der Waals surface area contributed by atoms with Gasteiger partial charge in [-0.25, -0.2) is 0 Å². The number of fused-ring (bicyclic) bond motifs is 1. The van der Waals surface area contributed by atoms with Crippen molar-refractivity contribution in [1.82, 2.24) is 5.32 Å². The quantitative estimate of drug-likeness (QED) is 0.740. The second kappa shape index (κ2) is 7.66. The molecule has 3 rings (SSSR count). The first-order valence-corrected chi connectivity index (χ1v) is 8.97. The predicted octanol–water partition coefficient (Wildman–Crippen LogP) is 3.29. The number of rotatable bonds is 6. The Hall–Kier alpha value is -2.08. The summed E-state index contributed by atoms with van der Waals surface area (Å²) in [6.45, 7) is 6.80. The van der Waals surface area contributed by atoms with E-state index in [2.05, 4.69) is 12.2 Å². The number of phenols is 1. The fraction of sp³-hybridized carbons (Fsp3) is 0.429. The van der Waals surface area contributed by atoms with E-state index in [1.165, 1.54) is 0 Å². The molecule has 0 unspecified atom stereocenters. The molecular formula is C21H27NO4. The summed E-state index contributed by atoms with van der Waals surface area (Å²) >= 11 is 0. The molecular weight excluding hydrogens is 330 g/mol. The van der Waals surface area contributed by atoms with Crippen molar-refractivity contribution in [3.63, 3.8) is 0 Å². The molecule has 2 atom stereocenters. The molecule has 2 aromatic rings. The summed E-state index contributed by atoms with van der Waals surface area (Å²) in [7, 11) is 0. The lowest BCUT2D eigenvalue weighted by Crippen LogP contribution is -2.35. The van der Waals surface area contributed by atoms with Gasteiger partial charge in [0.05, 0.1) is 12.7 Å². The van der Waals surface area contributed by atoms with Gasteiger partial charge in [-0.15, -0.1) is 0 Å². The van der Waals surface area contributed by atoms with Gasteiger partial charge in [0.25, 0.3) is 0 Å². The van der Waals surface area contributed by atoms with E-state index in [-0.39, 0.29) is 11.8 Å². The molecule has 5 heteroatoms. The summed E-state index contributed by atoms with van der Waals surface area (Å²) in [6.07, 6.45) is 0.228. The van der Waals surface area contributed by atoms with E-state index in [0.717, 1.165) is 28.9 Å². The molecule has 26 heavy (non-hydrogen) atoms. The Kier molecular flexibility index (Phi) is 5.51. The van der Waals surface area contributed by atoms with Gasteiger partial charge in [-0.05, 0) is 48.7 Å². The second-order valence-electron chi connectivity index (χ2n) is 7.35. The number of aliphatic hydroxyl groups is 1. The minimum Gasteiger partial charge on any atom is -0.508 e. The summed E-state index contributed by atoms with van der Waals surface area (Å²) in [5.74, 6) is 0.470. The first-order valence-electron chi connectivity index (χ1n) is 8.97.